The Morgan fingerprint density at radius 1 is 1.00 bits per heavy atom. The van der Waals surface area contributed by atoms with Crippen LogP contribution in [0.15, 0.2) is 60.9 Å². The lowest BCUT2D eigenvalue weighted by molar-refractivity contribution is 0.103. The molecule has 0 aliphatic rings. The van der Waals surface area contributed by atoms with E-state index in [0.29, 0.717) is 16.1 Å². The first-order chi connectivity index (χ1) is 10.8. The molecule has 1 amide bonds. The first-order valence-electron chi connectivity index (χ1n) is 6.81. The Bertz CT molecular complexity index is 955. The van der Waals surface area contributed by atoms with Crippen molar-refractivity contribution in [3.8, 4) is 0 Å². The van der Waals surface area contributed by atoms with E-state index in [-0.39, 0.29) is 5.91 Å². The smallest absolute Gasteiger partial charge is 0.265 e. The van der Waals surface area contributed by atoms with Gasteiger partial charge in [-0.15, -0.1) is 11.3 Å². The molecule has 106 valence electrons. The molecule has 0 bridgehead atoms. The van der Waals surface area contributed by atoms with Crippen molar-refractivity contribution in [2.45, 2.75) is 0 Å². The number of hydrogen-bond donors (Lipinski definition) is 1. The summed E-state index contributed by atoms with van der Waals surface area (Å²) < 4.78 is 1.10. The summed E-state index contributed by atoms with van der Waals surface area (Å²) in [7, 11) is 0. The summed E-state index contributed by atoms with van der Waals surface area (Å²) >= 11 is 1.48. The van der Waals surface area contributed by atoms with E-state index in [0.717, 1.165) is 15.6 Å². The molecule has 2 aromatic carbocycles. The Morgan fingerprint density at radius 2 is 1.86 bits per heavy atom. The number of carbonyl (C=O) groups is 1. The topological polar surface area (TPSA) is 54.9 Å². The maximum Gasteiger partial charge on any atom is 0.265 e. The molecule has 0 aliphatic heterocycles. The molecule has 22 heavy (non-hydrogen) atoms. The summed E-state index contributed by atoms with van der Waals surface area (Å²) in [6.45, 7) is 0. The van der Waals surface area contributed by atoms with Gasteiger partial charge in [-0.1, -0.05) is 24.3 Å². The van der Waals surface area contributed by atoms with E-state index in [1.54, 1.807) is 12.4 Å². The zero-order valence-electron chi connectivity index (χ0n) is 11.5. The second kappa shape index (κ2) is 5.20. The van der Waals surface area contributed by atoms with Crippen LogP contribution < -0.4 is 5.32 Å². The summed E-state index contributed by atoms with van der Waals surface area (Å²) in [4.78, 5) is 21.7. The molecule has 4 nitrogen and oxygen atoms in total. The summed E-state index contributed by atoms with van der Waals surface area (Å²) in [6, 6.07) is 15.4. The highest BCUT2D eigenvalue weighted by Crippen LogP contribution is 2.27. The minimum absolute atomic E-state index is 0.126. The highest BCUT2D eigenvalue weighted by atomic mass is 32.1. The highest BCUT2D eigenvalue weighted by Gasteiger charge is 2.12. The molecule has 0 fully saturated rings. The van der Waals surface area contributed by atoms with Gasteiger partial charge < -0.3 is 5.32 Å². The van der Waals surface area contributed by atoms with Crippen molar-refractivity contribution in [1.29, 1.82) is 0 Å². The van der Waals surface area contributed by atoms with Crippen LogP contribution in [0.3, 0.4) is 0 Å². The predicted molar refractivity (Wildman–Crippen MR) is 89.3 cm³/mol. The van der Waals surface area contributed by atoms with Crippen molar-refractivity contribution < 1.29 is 4.79 Å². The quantitative estimate of drug-likeness (QED) is 0.606. The molecule has 4 aromatic rings. The van der Waals surface area contributed by atoms with Crippen molar-refractivity contribution in [1.82, 2.24) is 9.97 Å². The number of nitrogens with zero attached hydrogens (tertiary/aromatic N) is 2. The fourth-order valence-electron chi connectivity index (χ4n) is 2.37. The van der Waals surface area contributed by atoms with Crippen LogP contribution in [0.2, 0.25) is 0 Å². The minimum atomic E-state index is -0.126. The van der Waals surface area contributed by atoms with Gasteiger partial charge in [-0.05, 0) is 29.7 Å². The van der Waals surface area contributed by atoms with Gasteiger partial charge in [-0.25, -0.2) is 0 Å². The summed E-state index contributed by atoms with van der Waals surface area (Å²) in [5.74, 6) is -0.126. The average molecular weight is 305 g/mol. The largest absolute Gasteiger partial charge is 0.319 e. The highest BCUT2D eigenvalue weighted by molar-refractivity contribution is 7.20. The first-order valence-corrected chi connectivity index (χ1v) is 7.62. The van der Waals surface area contributed by atoms with E-state index >= 15 is 0 Å². The Labute approximate surface area is 130 Å². The number of thiophene rings is 1. The Morgan fingerprint density at radius 3 is 2.77 bits per heavy atom. The normalized spacial score (nSPS) is 10.9. The fraction of sp³-hybridized carbons (Fsp3) is 0. The van der Waals surface area contributed by atoms with Crippen molar-refractivity contribution in [2.24, 2.45) is 0 Å². The van der Waals surface area contributed by atoms with E-state index in [9.17, 15) is 4.79 Å². The summed E-state index contributed by atoms with van der Waals surface area (Å²) in [5, 5.41) is 4.01. The van der Waals surface area contributed by atoms with Crippen LogP contribution >= 0.6 is 11.3 Å². The number of carbonyl (C=O) groups excluding carboxylic acids is 1. The molecule has 2 aromatic heterocycles. The Balaban J connectivity index is 1.71. The molecule has 2 heterocycles. The monoisotopic (exact) mass is 305 g/mol. The van der Waals surface area contributed by atoms with E-state index < -0.39 is 0 Å². The van der Waals surface area contributed by atoms with Crippen molar-refractivity contribution >= 4 is 44.1 Å². The molecule has 0 saturated carbocycles. The number of rotatable bonds is 2. The third-order valence-electron chi connectivity index (χ3n) is 3.40. The van der Waals surface area contributed by atoms with Gasteiger partial charge in [0.15, 0.2) is 0 Å². The van der Waals surface area contributed by atoms with Crippen LogP contribution in [-0.4, -0.2) is 15.9 Å². The third kappa shape index (κ3) is 2.21. The molecule has 0 saturated heterocycles. The second-order valence-corrected chi connectivity index (χ2v) is 5.92. The van der Waals surface area contributed by atoms with Crippen LogP contribution in [0.5, 0.6) is 0 Å². The van der Waals surface area contributed by atoms with Gasteiger partial charge >= 0.3 is 0 Å². The number of anilines is 1. The molecule has 4 rings (SSSR count). The molecular formula is C17H11N3OS. The molecule has 0 radical (unpaired) electrons. The fourth-order valence-corrected chi connectivity index (χ4v) is 3.33. The van der Waals surface area contributed by atoms with Gasteiger partial charge in [-0.3, -0.25) is 14.8 Å². The lowest BCUT2D eigenvalue weighted by Crippen LogP contribution is -2.10. The van der Waals surface area contributed by atoms with Gasteiger partial charge in [0.1, 0.15) is 5.52 Å². The number of para-hydroxylation sites is 1. The molecule has 0 aliphatic carbocycles. The van der Waals surface area contributed by atoms with Gasteiger partial charge in [0, 0.05) is 17.1 Å². The summed E-state index contributed by atoms with van der Waals surface area (Å²) in [5.41, 5.74) is 2.13. The maximum atomic E-state index is 12.5. The summed E-state index contributed by atoms with van der Waals surface area (Å²) in [6.07, 6.45) is 3.26. The molecule has 5 heteroatoms. The van der Waals surface area contributed by atoms with Crippen LogP contribution in [0, 0.1) is 0 Å². The van der Waals surface area contributed by atoms with E-state index in [4.69, 9.17) is 0 Å². The van der Waals surface area contributed by atoms with Gasteiger partial charge in [-0.2, -0.15) is 0 Å². The van der Waals surface area contributed by atoms with Crippen molar-refractivity contribution in [3.05, 3.63) is 65.8 Å². The number of fused-ring (bicyclic) bond motifs is 2. The van der Waals surface area contributed by atoms with E-state index in [1.807, 2.05) is 48.5 Å². The van der Waals surface area contributed by atoms with Gasteiger partial charge in [0.25, 0.3) is 5.91 Å². The number of aromatic nitrogens is 2. The molecule has 0 atom stereocenters. The van der Waals surface area contributed by atoms with E-state index in [2.05, 4.69) is 15.3 Å². The molecule has 1 N–H and O–H groups in total. The lowest BCUT2D eigenvalue weighted by Gasteiger charge is -2.06. The molecule has 0 spiro atoms. The van der Waals surface area contributed by atoms with Crippen LogP contribution in [0.1, 0.15) is 9.67 Å². The average Bonchev–Trinajstić information content (AvgIpc) is 2.99. The van der Waals surface area contributed by atoms with E-state index in [1.165, 1.54) is 11.3 Å². The SMILES string of the molecule is O=C(Nc1cccc2nccnc12)c1cc2ccccc2s1. The molecule has 0 unspecified atom stereocenters. The maximum absolute atomic E-state index is 12.5. The number of benzene rings is 2. The Kier molecular flexibility index (Phi) is 3.05. The third-order valence-corrected chi connectivity index (χ3v) is 4.51. The zero-order valence-corrected chi connectivity index (χ0v) is 12.3. The standard InChI is InChI=1S/C17H11N3OS/c21-17(15-10-11-4-1-2-7-14(11)22-15)20-13-6-3-5-12-16(13)19-9-8-18-12/h1-10H,(H,20,21). The first kappa shape index (κ1) is 12.9. The number of hydrogen-bond acceptors (Lipinski definition) is 4. The predicted octanol–water partition coefficient (Wildman–Crippen LogP) is 4.10. The van der Waals surface area contributed by atoms with Crippen LogP contribution in [-0.2, 0) is 0 Å². The van der Waals surface area contributed by atoms with Gasteiger partial charge in [0.05, 0.1) is 16.1 Å². The van der Waals surface area contributed by atoms with Crippen molar-refractivity contribution in [3.63, 3.8) is 0 Å². The minimum Gasteiger partial charge on any atom is -0.319 e. The van der Waals surface area contributed by atoms with Crippen LogP contribution in [0.25, 0.3) is 21.1 Å². The second-order valence-electron chi connectivity index (χ2n) is 4.83. The zero-order chi connectivity index (χ0) is 14.9. The molecular weight excluding hydrogens is 294 g/mol. The van der Waals surface area contributed by atoms with Crippen LogP contribution in [0.4, 0.5) is 5.69 Å². The van der Waals surface area contributed by atoms with Gasteiger partial charge in [0.2, 0.25) is 0 Å². The lowest BCUT2D eigenvalue weighted by atomic mass is 10.2. The van der Waals surface area contributed by atoms with Crippen molar-refractivity contribution in [2.75, 3.05) is 5.32 Å². The number of nitrogens with one attached hydrogen (secondary N) is 1. The number of amides is 1. The Hall–Kier alpha value is -2.79.